The molecule has 104 valence electrons. The Balaban J connectivity index is 2.42. The van der Waals surface area contributed by atoms with Crippen molar-refractivity contribution >= 4 is 11.7 Å². The number of aromatic nitrogens is 1. The van der Waals surface area contributed by atoms with Gasteiger partial charge in [0.25, 0.3) is 0 Å². The summed E-state index contributed by atoms with van der Waals surface area (Å²) in [5.41, 5.74) is 6.27. The van der Waals surface area contributed by atoms with Crippen molar-refractivity contribution in [2.24, 2.45) is 0 Å². The van der Waals surface area contributed by atoms with Gasteiger partial charge in [0.1, 0.15) is 11.2 Å². The Labute approximate surface area is 117 Å². The number of nitrogens with two attached hydrogens (primary N) is 1. The number of carboxylic acids is 1. The third kappa shape index (κ3) is 2.71. The summed E-state index contributed by atoms with van der Waals surface area (Å²) in [6.07, 6.45) is 3.35. The predicted molar refractivity (Wildman–Crippen MR) is 75.7 cm³/mol. The number of nitrogens with zero attached hydrogens (tertiary/aromatic N) is 1. The number of pyridine rings is 1. The molecule has 1 aromatic heterocycles. The molecule has 0 unspecified atom stereocenters. The molecule has 1 heterocycles. The van der Waals surface area contributed by atoms with Gasteiger partial charge in [-0.3, -0.25) is 4.98 Å². The lowest BCUT2D eigenvalue weighted by molar-refractivity contribution is 0.0673. The van der Waals surface area contributed by atoms with Crippen LogP contribution in [0.3, 0.4) is 0 Å². The molecule has 0 saturated heterocycles. The highest BCUT2D eigenvalue weighted by molar-refractivity contribution is 5.93. The average Bonchev–Trinajstić information content (AvgIpc) is 2.41. The molecule has 0 fully saturated rings. The summed E-state index contributed by atoms with van der Waals surface area (Å²) >= 11 is 0. The number of carbonyl (C=O) groups is 1. The fourth-order valence-electron chi connectivity index (χ4n) is 1.87. The van der Waals surface area contributed by atoms with Gasteiger partial charge in [-0.05, 0) is 32.0 Å². The SMILES string of the molecule is CC(C)(Oc1c(N)cccc1C(=O)O)c1cccnc1. The summed E-state index contributed by atoms with van der Waals surface area (Å²) in [5.74, 6) is -0.900. The highest BCUT2D eigenvalue weighted by Crippen LogP contribution is 2.33. The number of rotatable bonds is 4. The van der Waals surface area contributed by atoms with E-state index in [1.807, 2.05) is 19.9 Å². The number of benzene rings is 1. The molecule has 0 spiro atoms. The first-order valence-electron chi connectivity index (χ1n) is 6.13. The third-order valence-corrected chi connectivity index (χ3v) is 2.99. The van der Waals surface area contributed by atoms with Crippen LogP contribution in [-0.4, -0.2) is 16.1 Å². The Morgan fingerprint density at radius 2 is 2.05 bits per heavy atom. The highest BCUT2D eigenvalue weighted by atomic mass is 16.5. The van der Waals surface area contributed by atoms with E-state index in [9.17, 15) is 9.90 Å². The zero-order chi connectivity index (χ0) is 14.8. The number of anilines is 1. The molecule has 5 heteroatoms. The molecule has 20 heavy (non-hydrogen) atoms. The van der Waals surface area contributed by atoms with Gasteiger partial charge in [-0.15, -0.1) is 0 Å². The molecule has 2 rings (SSSR count). The van der Waals surface area contributed by atoms with Crippen LogP contribution in [-0.2, 0) is 5.60 Å². The van der Waals surface area contributed by atoms with Gasteiger partial charge in [-0.1, -0.05) is 12.1 Å². The third-order valence-electron chi connectivity index (χ3n) is 2.99. The van der Waals surface area contributed by atoms with Crippen LogP contribution in [0.15, 0.2) is 42.7 Å². The van der Waals surface area contributed by atoms with Crippen molar-refractivity contribution in [1.82, 2.24) is 4.98 Å². The van der Waals surface area contributed by atoms with Crippen molar-refractivity contribution in [2.45, 2.75) is 19.4 Å². The van der Waals surface area contributed by atoms with E-state index in [2.05, 4.69) is 4.98 Å². The van der Waals surface area contributed by atoms with Crippen molar-refractivity contribution in [3.63, 3.8) is 0 Å². The van der Waals surface area contributed by atoms with Gasteiger partial charge in [0.2, 0.25) is 0 Å². The Hall–Kier alpha value is -2.56. The molecular formula is C15H16N2O3. The largest absolute Gasteiger partial charge is 0.480 e. The first-order chi connectivity index (χ1) is 9.42. The number of hydrogen-bond acceptors (Lipinski definition) is 4. The Morgan fingerprint density at radius 3 is 2.65 bits per heavy atom. The van der Waals surface area contributed by atoms with Crippen LogP contribution in [0.25, 0.3) is 0 Å². The van der Waals surface area contributed by atoms with E-state index in [0.29, 0.717) is 5.69 Å². The van der Waals surface area contributed by atoms with E-state index in [1.54, 1.807) is 30.6 Å². The van der Waals surface area contributed by atoms with Crippen LogP contribution in [0.1, 0.15) is 29.8 Å². The first kappa shape index (κ1) is 13.9. The molecule has 0 amide bonds. The van der Waals surface area contributed by atoms with E-state index >= 15 is 0 Å². The van der Waals surface area contributed by atoms with E-state index in [1.165, 1.54) is 6.07 Å². The molecule has 0 radical (unpaired) electrons. The molecule has 0 saturated carbocycles. The Morgan fingerprint density at radius 1 is 1.30 bits per heavy atom. The molecule has 5 nitrogen and oxygen atoms in total. The zero-order valence-electron chi connectivity index (χ0n) is 11.3. The second kappa shape index (κ2) is 5.21. The molecule has 2 aromatic rings. The second-order valence-electron chi connectivity index (χ2n) is 4.88. The number of nitrogen functional groups attached to an aromatic ring is 1. The highest BCUT2D eigenvalue weighted by Gasteiger charge is 2.26. The molecule has 3 N–H and O–H groups in total. The van der Waals surface area contributed by atoms with Gasteiger partial charge in [-0.2, -0.15) is 0 Å². The monoisotopic (exact) mass is 272 g/mol. The Bertz CT molecular complexity index is 624. The van der Waals surface area contributed by atoms with Crippen LogP contribution in [0.4, 0.5) is 5.69 Å². The van der Waals surface area contributed by atoms with Crippen molar-refractivity contribution in [3.05, 3.63) is 53.9 Å². The van der Waals surface area contributed by atoms with E-state index in [0.717, 1.165) is 5.56 Å². The van der Waals surface area contributed by atoms with Crippen LogP contribution in [0, 0.1) is 0 Å². The standard InChI is InChI=1S/C15H16N2O3/c1-15(2,10-5-4-8-17-9-10)20-13-11(14(18)19)6-3-7-12(13)16/h3-9H,16H2,1-2H3,(H,18,19). The molecular weight excluding hydrogens is 256 g/mol. The van der Waals surface area contributed by atoms with Gasteiger partial charge >= 0.3 is 5.97 Å². The lowest BCUT2D eigenvalue weighted by Gasteiger charge is -2.28. The van der Waals surface area contributed by atoms with Crippen LogP contribution in [0.2, 0.25) is 0 Å². The minimum atomic E-state index is -1.07. The fourth-order valence-corrected chi connectivity index (χ4v) is 1.87. The predicted octanol–water partition coefficient (Wildman–Crippen LogP) is 2.68. The summed E-state index contributed by atoms with van der Waals surface area (Å²) < 4.78 is 5.87. The number of ether oxygens (including phenoxy) is 1. The summed E-state index contributed by atoms with van der Waals surface area (Å²) in [6.45, 7) is 3.67. The number of carboxylic acid groups (broad SMARTS) is 1. The first-order valence-corrected chi connectivity index (χ1v) is 6.13. The normalized spacial score (nSPS) is 11.1. The zero-order valence-corrected chi connectivity index (χ0v) is 11.3. The minimum Gasteiger partial charge on any atom is -0.480 e. The number of para-hydroxylation sites is 1. The van der Waals surface area contributed by atoms with Gasteiger partial charge in [-0.25, -0.2) is 4.79 Å². The lowest BCUT2D eigenvalue weighted by atomic mass is 9.99. The maximum Gasteiger partial charge on any atom is 0.339 e. The molecule has 0 bridgehead atoms. The quantitative estimate of drug-likeness (QED) is 0.836. The van der Waals surface area contributed by atoms with Crippen LogP contribution < -0.4 is 10.5 Å². The fraction of sp³-hybridized carbons (Fsp3) is 0.200. The molecule has 0 aliphatic heterocycles. The maximum absolute atomic E-state index is 11.2. The summed E-state index contributed by atoms with van der Waals surface area (Å²) in [6, 6.07) is 8.33. The minimum absolute atomic E-state index is 0.0435. The summed E-state index contributed by atoms with van der Waals surface area (Å²) in [4.78, 5) is 15.3. The topological polar surface area (TPSA) is 85.4 Å². The van der Waals surface area contributed by atoms with E-state index < -0.39 is 11.6 Å². The van der Waals surface area contributed by atoms with Crippen molar-refractivity contribution < 1.29 is 14.6 Å². The molecule has 0 atom stereocenters. The van der Waals surface area contributed by atoms with E-state index in [-0.39, 0.29) is 11.3 Å². The van der Waals surface area contributed by atoms with Crippen molar-refractivity contribution in [2.75, 3.05) is 5.73 Å². The summed E-state index contributed by atoms with van der Waals surface area (Å²) in [7, 11) is 0. The van der Waals surface area contributed by atoms with Gasteiger partial charge in [0.15, 0.2) is 5.75 Å². The van der Waals surface area contributed by atoms with Gasteiger partial charge in [0, 0.05) is 18.0 Å². The van der Waals surface area contributed by atoms with Crippen LogP contribution >= 0.6 is 0 Å². The number of hydrogen-bond donors (Lipinski definition) is 2. The summed E-state index contributed by atoms with van der Waals surface area (Å²) in [5, 5.41) is 9.21. The average molecular weight is 272 g/mol. The second-order valence-corrected chi connectivity index (χ2v) is 4.88. The molecule has 0 aliphatic carbocycles. The number of aromatic carboxylic acids is 1. The smallest absolute Gasteiger partial charge is 0.339 e. The van der Waals surface area contributed by atoms with Crippen molar-refractivity contribution in [1.29, 1.82) is 0 Å². The van der Waals surface area contributed by atoms with Gasteiger partial charge in [0.05, 0.1) is 5.69 Å². The van der Waals surface area contributed by atoms with Crippen molar-refractivity contribution in [3.8, 4) is 5.75 Å². The lowest BCUT2D eigenvalue weighted by Crippen LogP contribution is -2.26. The van der Waals surface area contributed by atoms with Gasteiger partial charge < -0.3 is 15.6 Å². The molecule has 0 aliphatic rings. The van der Waals surface area contributed by atoms with Crippen LogP contribution in [0.5, 0.6) is 5.75 Å². The van der Waals surface area contributed by atoms with E-state index in [4.69, 9.17) is 10.5 Å². The maximum atomic E-state index is 11.2. The molecule has 1 aromatic carbocycles. The Kier molecular flexibility index (Phi) is 3.61.